The molecule has 0 bridgehead atoms. The summed E-state index contributed by atoms with van der Waals surface area (Å²) in [7, 11) is 1.39. The zero-order valence-electron chi connectivity index (χ0n) is 13.6. The number of hydrogen-bond acceptors (Lipinski definition) is 4. The summed E-state index contributed by atoms with van der Waals surface area (Å²) in [5, 5.41) is 15.0. The molecule has 1 atom stereocenters. The van der Waals surface area contributed by atoms with Gasteiger partial charge in [-0.1, -0.05) is 6.07 Å². The summed E-state index contributed by atoms with van der Waals surface area (Å²) in [6.07, 6.45) is -2.25. The summed E-state index contributed by atoms with van der Waals surface area (Å²) in [6, 6.07) is 3.92. The van der Waals surface area contributed by atoms with Crippen molar-refractivity contribution in [1.29, 1.82) is 0 Å². The number of thiophene rings is 1. The van der Waals surface area contributed by atoms with E-state index in [1.165, 1.54) is 24.3 Å². The molecular weight excluding hydrogens is 355 g/mol. The molecule has 2 heterocycles. The molecule has 10 heteroatoms. The number of aliphatic imine (C=N–C) groups is 1. The molecule has 0 saturated heterocycles. The first-order chi connectivity index (χ1) is 11.7. The highest BCUT2D eigenvalue weighted by molar-refractivity contribution is 7.09. The van der Waals surface area contributed by atoms with Crippen molar-refractivity contribution in [3.05, 3.63) is 40.6 Å². The SMILES string of the molecule is Cn1ccnc1C(O)(CCN=C(N)NCCc1cccs1)C(F)(F)F. The standard InChI is InChI=1S/C15H20F3N5OS/c1-23-9-8-20-12(23)14(24,15(16,17)18)5-7-22-13(19)21-6-4-11-3-2-10-25-11/h2-3,8-10,24H,4-7H2,1H3,(H3,19,21,22). The molecule has 2 aromatic rings. The van der Waals surface area contributed by atoms with Crippen LogP contribution in [0.25, 0.3) is 0 Å². The first-order valence-electron chi connectivity index (χ1n) is 7.57. The summed E-state index contributed by atoms with van der Waals surface area (Å²) in [5.41, 5.74) is 2.58. The molecule has 0 amide bonds. The van der Waals surface area contributed by atoms with E-state index in [0.29, 0.717) is 6.54 Å². The van der Waals surface area contributed by atoms with Crippen molar-refractivity contribution < 1.29 is 18.3 Å². The smallest absolute Gasteiger partial charge is 0.374 e. The second-order valence-electron chi connectivity index (χ2n) is 5.49. The number of halogens is 3. The van der Waals surface area contributed by atoms with Gasteiger partial charge in [-0.3, -0.25) is 4.99 Å². The number of imidazole rings is 1. The van der Waals surface area contributed by atoms with E-state index in [1.54, 1.807) is 11.3 Å². The number of aryl methyl sites for hydroxylation is 1. The summed E-state index contributed by atoms with van der Waals surface area (Å²) < 4.78 is 41.1. The number of nitrogens with two attached hydrogens (primary N) is 1. The molecule has 0 aliphatic heterocycles. The molecule has 0 aromatic carbocycles. The van der Waals surface area contributed by atoms with E-state index in [9.17, 15) is 18.3 Å². The van der Waals surface area contributed by atoms with Gasteiger partial charge in [-0.05, 0) is 17.9 Å². The zero-order valence-corrected chi connectivity index (χ0v) is 14.4. The van der Waals surface area contributed by atoms with Crippen molar-refractivity contribution >= 4 is 17.3 Å². The van der Waals surface area contributed by atoms with Crippen LogP contribution in [-0.2, 0) is 19.1 Å². The lowest BCUT2D eigenvalue weighted by atomic mass is 9.98. The Kier molecular flexibility index (Phi) is 6.07. The minimum atomic E-state index is -4.87. The van der Waals surface area contributed by atoms with Crippen LogP contribution >= 0.6 is 11.3 Å². The van der Waals surface area contributed by atoms with Crippen molar-refractivity contribution in [1.82, 2.24) is 14.9 Å². The molecule has 2 aromatic heterocycles. The fraction of sp³-hybridized carbons (Fsp3) is 0.467. The molecule has 2 rings (SSSR count). The Morgan fingerprint density at radius 1 is 1.48 bits per heavy atom. The Bertz CT molecular complexity index is 698. The maximum Gasteiger partial charge on any atom is 0.424 e. The molecule has 0 radical (unpaired) electrons. The highest BCUT2D eigenvalue weighted by Gasteiger charge is 2.57. The number of nitrogens with zero attached hydrogens (tertiary/aromatic N) is 3. The Hall–Kier alpha value is -2.07. The fourth-order valence-electron chi connectivity index (χ4n) is 2.31. The normalized spacial score (nSPS) is 15.2. The van der Waals surface area contributed by atoms with Gasteiger partial charge in [0.05, 0.1) is 0 Å². The minimum Gasteiger partial charge on any atom is -0.374 e. The second kappa shape index (κ2) is 7.87. The summed E-state index contributed by atoms with van der Waals surface area (Å²) in [5.74, 6) is -0.430. The van der Waals surface area contributed by atoms with Crippen molar-refractivity contribution in [3.8, 4) is 0 Å². The van der Waals surface area contributed by atoms with Crippen molar-refractivity contribution in [2.75, 3.05) is 13.1 Å². The van der Waals surface area contributed by atoms with Gasteiger partial charge >= 0.3 is 6.18 Å². The van der Waals surface area contributed by atoms with Crippen LogP contribution in [0.15, 0.2) is 34.9 Å². The highest BCUT2D eigenvalue weighted by Crippen LogP contribution is 2.40. The highest BCUT2D eigenvalue weighted by atomic mass is 32.1. The van der Waals surface area contributed by atoms with Crippen molar-refractivity contribution in [3.63, 3.8) is 0 Å². The topological polar surface area (TPSA) is 88.5 Å². The maximum absolute atomic E-state index is 13.3. The molecule has 0 aliphatic rings. The molecule has 0 fully saturated rings. The molecule has 4 N–H and O–H groups in total. The van der Waals surface area contributed by atoms with Crippen LogP contribution in [0.2, 0.25) is 0 Å². The van der Waals surface area contributed by atoms with Crippen molar-refractivity contribution in [2.45, 2.75) is 24.6 Å². The maximum atomic E-state index is 13.3. The van der Waals surface area contributed by atoms with E-state index in [0.717, 1.165) is 11.0 Å². The molecule has 25 heavy (non-hydrogen) atoms. The Morgan fingerprint density at radius 3 is 2.80 bits per heavy atom. The Labute approximate surface area is 147 Å². The number of hydrogen-bond donors (Lipinski definition) is 3. The van der Waals surface area contributed by atoms with E-state index in [2.05, 4.69) is 15.3 Å². The van der Waals surface area contributed by atoms with E-state index in [4.69, 9.17) is 5.73 Å². The predicted octanol–water partition coefficient (Wildman–Crippen LogP) is 1.77. The van der Waals surface area contributed by atoms with Crippen LogP contribution in [0.4, 0.5) is 13.2 Å². The van der Waals surface area contributed by atoms with Gasteiger partial charge in [-0.2, -0.15) is 13.2 Å². The lowest BCUT2D eigenvalue weighted by molar-refractivity contribution is -0.272. The number of alkyl halides is 3. The monoisotopic (exact) mass is 375 g/mol. The quantitative estimate of drug-likeness (QED) is 0.508. The lowest BCUT2D eigenvalue weighted by Crippen LogP contribution is -2.45. The van der Waals surface area contributed by atoms with Crippen LogP contribution < -0.4 is 11.1 Å². The predicted molar refractivity (Wildman–Crippen MR) is 90.3 cm³/mol. The fourth-order valence-corrected chi connectivity index (χ4v) is 3.02. The lowest BCUT2D eigenvalue weighted by Gasteiger charge is -2.29. The van der Waals surface area contributed by atoms with Crippen LogP contribution in [0.1, 0.15) is 17.1 Å². The largest absolute Gasteiger partial charge is 0.424 e. The zero-order chi connectivity index (χ0) is 18.5. The average molecular weight is 375 g/mol. The van der Waals surface area contributed by atoms with Gasteiger partial charge in [-0.15, -0.1) is 11.3 Å². The molecule has 6 nitrogen and oxygen atoms in total. The van der Waals surface area contributed by atoms with E-state index in [-0.39, 0.29) is 12.5 Å². The van der Waals surface area contributed by atoms with Gasteiger partial charge in [0.2, 0.25) is 5.60 Å². The average Bonchev–Trinajstić information content (AvgIpc) is 3.17. The first-order valence-corrected chi connectivity index (χ1v) is 8.45. The van der Waals surface area contributed by atoms with Gasteiger partial charge < -0.3 is 20.7 Å². The van der Waals surface area contributed by atoms with E-state index < -0.39 is 24.0 Å². The molecule has 138 valence electrons. The number of rotatable bonds is 7. The number of guanidine groups is 1. The Balaban J connectivity index is 1.93. The van der Waals surface area contributed by atoms with E-state index >= 15 is 0 Å². The molecular formula is C15H20F3N5OS. The molecule has 0 saturated carbocycles. The van der Waals surface area contributed by atoms with Crippen LogP contribution in [0.5, 0.6) is 0 Å². The third-order valence-electron chi connectivity index (χ3n) is 3.67. The van der Waals surface area contributed by atoms with Gasteiger partial charge in [0, 0.05) is 43.8 Å². The van der Waals surface area contributed by atoms with Gasteiger partial charge in [0.1, 0.15) is 5.82 Å². The Morgan fingerprint density at radius 2 is 2.24 bits per heavy atom. The molecule has 0 aliphatic carbocycles. The van der Waals surface area contributed by atoms with Gasteiger partial charge in [-0.25, -0.2) is 4.98 Å². The third-order valence-corrected chi connectivity index (χ3v) is 4.61. The van der Waals surface area contributed by atoms with Gasteiger partial charge in [0.15, 0.2) is 5.96 Å². The van der Waals surface area contributed by atoms with Gasteiger partial charge in [0.25, 0.3) is 0 Å². The number of nitrogens with one attached hydrogen (secondary N) is 1. The minimum absolute atomic E-state index is 0.0425. The number of aliphatic hydroxyl groups is 1. The summed E-state index contributed by atoms with van der Waals surface area (Å²) in [4.78, 5) is 8.67. The second-order valence-corrected chi connectivity index (χ2v) is 6.53. The first kappa shape index (κ1) is 19.3. The number of aromatic nitrogens is 2. The molecule has 0 spiro atoms. The van der Waals surface area contributed by atoms with Crippen LogP contribution in [-0.4, -0.2) is 39.9 Å². The van der Waals surface area contributed by atoms with Crippen molar-refractivity contribution in [2.24, 2.45) is 17.8 Å². The van der Waals surface area contributed by atoms with Crippen LogP contribution in [0, 0.1) is 0 Å². The molecule has 1 unspecified atom stereocenters. The third kappa shape index (κ3) is 4.73. The van der Waals surface area contributed by atoms with E-state index in [1.807, 2.05) is 17.5 Å². The van der Waals surface area contributed by atoms with Crippen LogP contribution in [0.3, 0.4) is 0 Å². The summed E-state index contributed by atoms with van der Waals surface area (Å²) in [6.45, 7) is 0.236. The summed E-state index contributed by atoms with van der Waals surface area (Å²) >= 11 is 1.61.